The molecule has 1 heterocycles. The fourth-order valence-electron chi connectivity index (χ4n) is 2.60. The van der Waals surface area contributed by atoms with Gasteiger partial charge in [0.1, 0.15) is 0 Å². The molecule has 0 radical (unpaired) electrons. The maximum atomic E-state index is 11.9. The van der Waals surface area contributed by atoms with E-state index in [1.807, 2.05) is 32.1 Å². The number of nitrogens with one attached hydrogen (secondary N) is 1. The molecule has 1 unspecified atom stereocenters. The van der Waals surface area contributed by atoms with Crippen molar-refractivity contribution < 1.29 is 4.79 Å². The highest BCUT2D eigenvalue weighted by Gasteiger charge is 2.21. The average molecular weight is 307 g/mol. The average Bonchev–Trinajstić information content (AvgIpc) is 2.49. The van der Waals surface area contributed by atoms with E-state index in [0.29, 0.717) is 0 Å². The number of allylic oxidation sites excluding steroid dienone is 1. The van der Waals surface area contributed by atoms with Crippen LogP contribution in [-0.4, -0.2) is 29.9 Å². The lowest BCUT2D eigenvalue weighted by Crippen LogP contribution is -2.47. The topological polar surface area (TPSA) is 32.3 Å². The lowest BCUT2D eigenvalue weighted by Gasteiger charge is -2.33. The molecule has 1 amide bonds. The molecule has 3 nitrogen and oxygen atoms in total. The van der Waals surface area contributed by atoms with Gasteiger partial charge in [-0.2, -0.15) is 0 Å². The van der Waals surface area contributed by atoms with E-state index in [0.717, 1.165) is 43.1 Å². The Morgan fingerprint density at radius 1 is 1.43 bits per heavy atom. The first kappa shape index (κ1) is 16.1. The van der Waals surface area contributed by atoms with Crippen molar-refractivity contribution >= 4 is 17.5 Å². The van der Waals surface area contributed by atoms with Crippen LogP contribution < -0.4 is 5.32 Å². The minimum Gasteiger partial charge on any atom is -0.348 e. The van der Waals surface area contributed by atoms with E-state index < -0.39 is 0 Å². The summed E-state index contributed by atoms with van der Waals surface area (Å²) in [7, 11) is 0. The Kier molecular flexibility index (Phi) is 5.83. The minimum absolute atomic E-state index is 0.0517. The number of halogens is 1. The van der Waals surface area contributed by atoms with Gasteiger partial charge in [0.15, 0.2) is 0 Å². The summed E-state index contributed by atoms with van der Waals surface area (Å²) in [6.07, 6.45) is 4.02. The summed E-state index contributed by atoms with van der Waals surface area (Å²) in [6.45, 7) is 6.64. The molecular formula is C17H23ClN2O. The number of likely N-dealkylation sites (tertiary alicyclic amines) is 1. The van der Waals surface area contributed by atoms with Crippen molar-refractivity contribution in [2.45, 2.75) is 39.3 Å². The van der Waals surface area contributed by atoms with Crippen molar-refractivity contribution in [3.63, 3.8) is 0 Å². The Morgan fingerprint density at radius 3 is 2.81 bits per heavy atom. The van der Waals surface area contributed by atoms with E-state index in [-0.39, 0.29) is 11.9 Å². The normalized spacial score (nSPS) is 20.3. The lowest BCUT2D eigenvalue weighted by molar-refractivity contribution is -0.118. The predicted molar refractivity (Wildman–Crippen MR) is 87.3 cm³/mol. The number of piperidine rings is 1. The zero-order valence-electron chi connectivity index (χ0n) is 12.7. The fraction of sp³-hybridized carbons (Fsp3) is 0.471. The van der Waals surface area contributed by atoms with Gasteiger partial charge in [-0.3, -0.25) is 9.69 Å². The monoisotopic (exact) mass is 306 g/mol. The van der Waals surface area contributed by atoms with Crippen molar-refractivity contribution in [2.24, 2.45) is 0 Å². The van der Waals surface area contributed by atoms with Crippen molar-refractivity contribution in [1.29, 1.82) is 0 Å². The van der Waals surface area contributed by atoms with Crippen LogP contribution in [0.1, 0.15) is 32.3 Å². The Bertz CT molecular complexity index is 510. The molecule has 1 saturated heterocycles. The van der Waals surface area contributed by atoms with Crippen LogP contribution in [0.4, 0.5) is 0 Å². The molecule has 4 heteroatoms. The molecule has 0 spiro atoms. The van der Waals surface area contributed by atoms with E-state index in [9.17, 15) is 4.79 Å². The first-order valence-electron chi connectivity index (χ1n) is 7.49. The smallest absolute Gasteiger partial charge is 0.246 e. The van der Waals surface area contributed by atoms with E-state index in [1.54, 1.807) is 0 Å². The van der Waals surface area contributed by atoms with Crippen molar-refractivity contribution in [3.8, 4) is 0 Å². The largest absolute Gasteiger partial charge is 0.348 e. The van der Waals surface area contributed by atoms with Gasteiger partial charge in [-0.05, 0) is 50.9 Å². The van der Waals surface area contributed by atoms with Crippen molar-refractivity contribution in [3.05, 3.63) is 46.5 Å². The summed E-state index contributed by atoms with van der Waals surface area (Å²) in [5.74, 6) is 0.0517. The van der Waals surface area contributed by atoms with Gasteiger partial charge in [0.25, 0.3) is 0 Å². The molecule has 1 fully saturated rings. The first-order chi connectivity index (χ1) is 10.1. The quantitative estimate of drug-likeness (QED) is 0.865. The van der Waals surface area contributed by atoms with Crippen LogP contribution >= 0.6 is 11.6 Å². The van der Waals surface area contributed by atoms with Gasteiger partial charge < -0.3 is 5.32 Å². The van der Waals surface area contributed by atoms with E-state index >= 15 is 0 Å². The number of carbonyl (C=O) groups excluding carboxylic acids is 1. The molecule has 1 aliphatic rings. The van der Waals surface area contributed by atoms with Gasteiger partial charge in [-0.15, -0.1) is 0 Å². The summed E-state index contributed by atoms with van der Waals surface area (Å²) in [5.41, 5.74) is 2.04. The third-order valence-electron chi connectivity index (χ3n) is 3.95. The van der Waals surface area contributed by atoms with Crippen LogP contribution in [0.5, 0.6) is 0 Å². The zero-order chi connectivity index (χ0) is 15.2. The highest BCUT2D eigenvalue weighted by atomic mass is 35.5. The number of nitrogens with zero attached hydrogens (tertiary/aromatic N) is 1. The molecule has 1 aliphatic heterocycles. The molecule has 0 bridgehead atoms. The maximum Gasteiger partial charge on any atom is 0.246 e. The van der Waals surface area contributed by atoms with Crippen LogP contribution in [0.3, 0.4) is 0 Å². The van der Waals surface area contributed by atoms with Gasteiger partial charge in [-0.1, -0.05) is 29.8 Å². The summed E-state index contributed by atoms with van der Waals surface area (Å²) in [5, 5.41) is 3.89. The number of benzene rings is 1. The van der Waals surface area contributed by atoms with Crippen LogP contribution in [0.25, 0.3) is 0 Å². The SMILES string of the molecule is CC=C(C)C(=O)NC1CCCN(Cc2ccc(Cl)cc2)C1. The second kappa shape index (κ2) is 7.62. The molecule has 1 atom stereocenters. The fourth-order valence-corrected chi connectivity index (χ4v) is 2.72. The van der Waals surface area contributed by atoms with Gasteiger partial charge in [0.2, 0.25) is 5.91 Å². The summed E-state index contributed by atoms with van der Waals surface area (Å²) < 4.78 is 0. The molecule has 21 heavy (non-hydrogen) atoms. The number of hydrogen-bond acceptors (Lipinski definition) is 2. The lowest BCUT2D eigenvalue weighted by atomic mass is 10.0. The molecular weight excluding hydrogens is 284 g/mol. The molecule has 114 valence electrons. The van der Waals surface area contributed by atoms with E-state index in [1.165, 1.54) is 5.56 Å². The molecule has 1 aromatic carbocycles. The first-order valence-corrected chi connectivity index (χ1v) is 7.87. The van der Waals surface area contributed by atoms with Gasteiger partial charge in [0, 0.05) is 29.7 Å². The number of amides is 1. The highest BCUT2D eigenvalue weighted by molar-refractivity contribution is 6.30. The van der Waals surface area contributed by atoms with Gasteiger partial charge >= 0.3 is 0 Å². The minimum atomic E-state index is 0.0517. The Labute approximate surface area is 132 Å². The Morgan fingerprint density at radius 2 is 2.14 bits per heavy atom. The second-order valence-corrected chi connectivity index (χ2v) is 6.08. The third-order valence-corrected chi connectivity index (χ3v) is 4.20. The van der Waals surface area contributed by atoms with E-state index in [4.69, 9.17) is 11.6 Å². The highest BCUT2D eigenvalue weighted by Crippen LogP contribution is 2.16. The van der Waals surface area contributed by atoms with Crippen LogP contribution in [0, 0.1) is 0 Å². The molecule has 2 rings (SSSR count). The molecule has 0 saturated carbocycles. The number of hydrogen-bond donors (Lipinski definition) is 1. The van der Waals surface area contributed by atoms with Crippen LogP contribution in [0.2, 0.25) is 5.02 Å². The standard InChI is InChI=1S/C17H23ClN2O/c1-3-13(2)17(21)19-16-5-4-10-20(12-16)11-14-6-8-15(18)9-7-14/h3,6-9,16H,4-5,10-12H2,1-2H3,(H,19,21). The van der Waals surface area contributed by atoms with Crippen molar-refractivity contribution in [2.75, 3.05) is 13.1 Å². The molecule has 0 aromatic heterocycles. The Hall–Kier alpha value is -1.32. The number of carbonyl (C=O) groups is 1. The zero-order valence-corrected chi connectivity index (χ0v) is 13.5. The summed E-state index contributed by atoms with van der Waals surface area (Å²) in [4.78, 5) is 14.3. The number of rotatable bonds is 4. The van der Waals surface area contributed by atoms with Gasteiger partial charge in [0.05, 0.1) is 0 Å². The third kappa shape index (κ3) is 4.87. The molecule has 1 aromatic rings. The van der Waals surface area contributed by atoms with E-state index in [2.05, 4.69) is 22.3 Å². The Balaban J connectivity index is 1.88. The van der Waals surface area contributed by atoms with Gasteiger partial charge in [-0.25, -0.2) is 0 Å². The summed E-state index contributed by atoms with van der Waals surface area (Å²) in [6, 6.07) is 8.22. The molecule has 1 N–H and O–H groups in total. The maximum absolute atomic E-state index is 11.9. The van der Waals surface area contributed by atoms with Crippen LogP contribution in [-0.2, 0) is 11.3 Å². The van der Waals surface area contributed by atoms with Crippen molar-refractivity contribution in [1.82, 2.24) is 10.2 Å². The van der Waals surface area contributed by atoms with Crippen LogP contribution in [0.15, 0.2) is 35.9 Å². The second-order valence-electron chi connectivity index (χ2n) is 5.65. The summed E-state index contributed by atoms with van der Waals surface area (Å²) >= 11 is 5.91. The predicted octanol–water partition coefficient (Wildman–Crippen LogP) is 3.39. The molecule has 0 aliphatic carbocycles.